The molecule has 0 aliphatic carbocycles. The average Bonchev–Trinajstić information content (AvgIpc) is 2.54. The molecule has 5 nitrogen and oxygen atoms in total. The van der Waals surface area contributed by atoms with Gasteiger partial charge in [-0.15, -0.1) is 0 Å². The molecule has 0 saturated carbocycles. The van der Waals surface area contributed by atoms with Gasteiger partial charge in [0.1, 0.15) is 18.2 Å². The van der Waals surface area contributed by atoms with E-state index in [1.807, 2.05) is 25.1 Å². The van der Waals surface area contributed by atoms with Gasteiger partial charge in [0.25, 0.3) is 0 Å². The van der Waals surface area contributed by atoms with Gasteiger partial charge in [0.2, 0.25) is 5.91 Å². The van der Waals surface area contributed by atoms with Crippen LogP contribution in [-0.4, -0.2) is 45.6 Å². The van der Waals surface area contributed by atoms with Gasteiger partial charge in [0.15, 0.2) is 0 Å². The third-order valence-electron chi connectivity index (χ3n) is 4.58. The number of carbonyl (C=O) groups is 1. The summed E-state index contributed by atoms with van der Waals surface area (Å²) in [5, 5.41) is 4.05. The highest BCUT2D eigenvalue weighted by Crippen LogP contribution is 2.33. The van der Waals surface area contributed by atoms with Crippen LogP contribution in [-0.2, 0) is 4.79 Å². The molecular weight excluding hydrogens is 333 g/mol. The molecule has 25 heavy (non-hydrogen) atoms. The Morgan fingerprint density at radius 2 is 2.04 bits per heavy atom. The van der Waals surface area contributed by atoms with Crippen LogP contribution >= 0.6 is 0 Å². The van der Waals surface area contributed by atoms with Crippen LogP contribution in [0.15, 0.2) is 24.5 Å². The summed E-state index contributed by atoms with van der Waals surface area (Å²) in [6.45, 7) is 3.10. The summed E-state index contributed by atoms with van der Waals surface area (Å²) in [5.74, 6) is 0.0135. The Kier molecular flexibility index (Phi) is 4.53. The van der Waals surface area contributed by atoms with Crippen molar-refractivity contribution in [3.8, 4) is 0 Å². The molecule has 2 unspecified atom stereocenters. The molecule has 1 aromatic heterocycles. The highest BCUT2D eigenvalue weighted by molar-refractivity contribution is 5.91. The van der Waals surface area contributed by atoms with Crippen molar-refractivity contribution in [1.82, 2.24) is 14.9 Å². The third-order valence-corrected chi connectivity index (χ3v) is 4.58. The molecule has 0 radical (unpaired) electrons. The standard InChI is InChI=1S/C17H19F3N4O/c1-10-4-3-5-13-15(10)16(22-9-21-13)23-12-6-7-14(17(18,19)20)24(8-12)11(2)25/h3-5,9,12,14H,6-8H2,1-2H3,(H,21,22,23). The molecule has 2 aromatic rings. The predicted octanol–water partition coefficient (Wildman–Crippen LogP) is 3.29. The quantitative estimate of drug-likeness (QED) is 0.901. The molecule has 1 aliphatic rings. The van der Waals surface area contributed by atoms with Crippen molar-refractivity contribution < 1.29 is 18.0 Å². The first kappa shape index (κ1) is 17.4. The van der Waals surface area contributed by atoms with Crippen molar-refractivity contribution in [3.05, 3.63) is 30.1 Å². The van der Waals surface area contributed by atoms with E-state index in [1.165, 1.54) is 13.3 Å². The second-order valence-electron chi connectivity index (χ2n) is 6.34. The third kappa shape index (κ3) is 3.52. The van der Waals surface area contributed by atoms with E-state index < -0.39 is 18.1 Å². The molecule has 1 amide bonds. The fraction of sp³-hybridized carbons (Fsp3) is 0.471. The van der Waals surface area contributed by atoms with Crippen molar-refractivity contribution in [2.45, 2.75) is 44.9 Å². The number of alkyl halides is 3. The lowest BCUT2D eigenvalue weighted by atomic mass is 9.97. The molecular formula is C17H19F3N4O. The number of aromatic nitrogens is 2. The molecule has 3 rings (SSSR count). The molecule has 1 N–H and O–H groups in total. The van der Waals surface area contributed by atoms with Gasteiger partial charge in [-0.3, -0.25) is 4.79 Å². The van der Waals surface area contributed by atoms with E-state index >= 15 is 0 Å². The second kappa shape index (κ2) is 6.50. The van der Waals surface area contributed by atoms with Crippen LogP contribution in [0.4, 0.5) is 19.0 Å². The molecule has 1 saturated heterocycles. The van der Waals surface area contributed by atoms with E-state index in [0.717, 1.165) is 21.4 Å². The molecule has 2 heterocycles. The smallest absolute Gasteiger partial charge is 0.365 e. The largest absolute Gasteiger partial charge is 0.408 e. The number of hydrogen-bond donors (Lipinski definition) is 1. The van der Waals surface area contributed by atoms with Crippen molar-refractivity contribution in [2.75, 3.05) is 11.9 Å². The maximum absolute atomic E-state index is 13.1. The zero-order valence-electron chi connectivity index (χ0n) is 14.0. The lowest BCUT2D eigenvalue weighted by Gasteiger charge is -2.40. The van der Waals surface area contributed by atoms with Crippen LogP contribution in [0.1, 0.15) is 25.3 Å². The van der Waals surface area contributed by atoms with E-state index in [-0.39, 0.29) is 19.0 Å². The molecule has 1 aromatic carbocycles. The number of likely N-dealkylation sites (tertiary alicyclic amines) is 1. The number of nitrogens with one attached hydrogen (secondary N) is 1. The van der Waals surface area contributed by atoms with E-state index in [2.05, 4.69) is 15.3 Å². The monoisotopic (exact) mass is 352 g/mol. The van der Waals surface area contributed by atoms with Gasteiger partial charge < -0.3 is 10.2 Å². The Balaban J connectivity index is 1.84. The van der Waals surface area contributed by atoms with E-state index in [0.29, 0.717) is 12.2 Å². The van der Waals surface area contributed by atoms with Crippen LogP contribution in [0.25, 0.3) is 10.9 Å². The number of carbonyl (C=O) groups excluding carboxylic acids is 1. The zero-order chi connectivity index (χ0) is 18.2. The number of aryl methyl sites for hydroxylation is 1. The Bertz CT molecular complexity index is 788. The van der Waals surface area contributed by atoms with Gasteiger partial charge in [-0.1, -0.05) is 12.1 Å². The van der Waals surface area contributed by atoms with Crippen LogP contribution in [0.3, 0.4) is 0 Å². The number of amides is 1. The lowest BCUT2D eigenvalue weighted by molar-refractivity contribution is -0.195. The normalized spacial score (nSPS) is 21.4. The number of benzene rings is 1. The number of anilines is 1. The highest BCUT2D eigenvalue weighted by atomic mass is 19.4. The maximum Gasteiger partial charge on any atom is 0.408 e. The minimum Gasteiger partial charge on any atom is -0.365 e. The predicted molar refractivity (Wildman–Crippen MR) is 88.1 cm³/mol. The number of hydrogen-bond acceptors (Lipinski definition) is 4. The van der Waals surface area contributed by atoms with Gasteiger partial charge in [0.05, 0.1) is 5.52 Å². The SMILES string of the molecule is CC(=O)N1CC(Nc2ncnc3cccc(C)c23)CCC1C(F)(F)F. The fourth-order valence-corrected chi connectivity index (χ4v) is 3.36. The first-order valence-electron chi connectivity index (χ1n) is 8.08. The topological polar surface area (TPSA) is 58.1 Å². The molecule has 2 atom stereocenters. The molecule has 134 valence electrons. The van der Waals surface area contributed by atoms with Gasteiger partial charge in [0, 0.05) is 24.9 Å². The first-order chi connectivity index (χ1) is 11.8. The minimum atomic E-state index is -4.41. The number of nitrogens with zero attached hydrogens (tertiary/aromatic N) is 3. The van der Waals surface area contributed by atoms with Gasteiger partial charge in [-0.05, 0) is 31.4 Å². The fourth-order valence-electron chi connectivity index (χ4n) is 3.36. The summed E-state index contributed by atoms with van der Waals surface area (Å²) >= 11 is 0. The Morgan fingerprint density at radius 3 is 2.72 bits per heavy atom. The first-order valence-corrected chi connectivity index (χ1v) is 8.08. The number of fused-ring (bicyclic) bond motifs is 1. The van der Waals surface area contributed by atoms with Gasteiger partial charge in [-0.25, -0.2) is 9.97 Å². The number of piperidine rings is 1. The van der Waals surface area contributed by atoms with Crippen LogP contribution in [0.5, 0.6) is 0 Å². The molecule has 0 spiro atoms. The van der Waals surface area contributed by atoms with Crippen molar-refractivity contribution >= 4 is 22.6 Å². The Hall–Kier alpha value is -2.38. The summed E-state index contributed by atoms with van der Waals surface area (Å²) in [4.78, 5) is 21.1. The van der Waals surface area contributed by atoms with Crippen LogP contribution < -0.4 is 5.32 Å². The Morgan fingerprint density at radius 1 is 1.28 bits per heavy atom. The van der Waals surface area contributed by atoms with E-state index in [4.69, 9.17) is 0 Å². The molecule has 8 heteroatoms. The lowest BCUT2D eigenvalue weighted by Crippen LogP contribution is -2.55. The molecule has 1 fully saturated rings. The maximum atomic E-state index is 13.1. The minimum absolute atomic E-state index is 0.00309. The summed E-state index contributed by atoms with van der Waals surface area (Å²) in [6, 6.07) is 3.67. The van der Waals surface area contributed by atoms with Crippen molar-refractivity contribution in [1.29, 1.82) is 0 Å². The molecule has 0 bridgehead atoms. The summed E-state index contributed by atoms with van der Waals surface area (Å²) in [6.07, 6.45) is -2.79. The number of rotatable bonds is 2. The summed E-state index contributed by atoms with van der Waals surface area (Å²) < 4.78 is 39.4. The zero-order valence-corrected chi connectivity index (χ0v) is 14.0. The second-order valence-corrected chi connectivity index (χ2v) is 6.34. The van der Waals surface area contributed by atoms with Gasteiger partial charge in [-0.2, -0.15) is 13.2 Å². The highest BCUT2D eigenvalue weighted by Gasteiger charge is 2.47. The average molecular weight is 352 g/mol. The number of halogens is 3. The van der Waals surface area contributed by atoms with E-state index in [1.54, 1.807) is 0 Å². The summed E-state index contributed by atoms with van der Waals surface area (Å²) in [7, 11) is 0. The van der Waals surface area contributed by atoms with Gasteiger partial charge >= 0.3 is 6.18 Å². The molecule has 1 aliphatic heterocycles. The van der Waals surface area contributed by atoms with Crippen LogP contribution in [0, 0.1) is 6.92 Å². The van der Waals surface area contributed by atoms with Crippen LogP contribution in [0.2, 0.25) is 0 Å². The van der Waals surface area contributed by atoms with Crippen molar-refractivity contribution in [2.24, 2.45) is 0 Å². The van der Waals surface area contributed by atoms with E-state index in [9.17, 15) is 18.0 Å². The van der Waals surface area contributed by atoms with Crippen molar-refractivity contribution in [3.63, 3.8) is 0 Å². The summed E-state index contributed by atoms with van der Waals surface area (Å²) in [5.41, 5.74) is 1.75. The Labute approximate surface area is 143 Å².